The van der Waals surface area contributed by atoms with E-state index >= 15 is 0 Å². The molecule has 0 aliphatic heterocycles. The maximum Gasteiger partial charge on any atom is 0.343 e. The monoisotopic (exact) mass is 378 g/mol. The van der Waals surface area contributed by atoms with E-state index in [4.69, 9.17) is 14.2 Å². The summed E-state index contributed by atoms with van der Waals surface area (Å²) in [7, 11) is 0. The molecule has 0 fully saturated rings. The van der Waals surface area contributed by atoms with E-state index in [1.165, 1.54) is 0 Å². The minimum absolute atomic E-state index is 0.416. The summed E-state index contributed by atoms with van der Waals surface area (Å²) in [6, 6.07) is 14.2. The molecule has 2 rings (SSSR count). The fourth-order valence-corrected chi connectivity index (χ4v) is 2.44. The first-order valence-electron chi connectivity index (χ1n) is 7.45. The molecule has 0 unspecified atom stereocenters. The van der Waals surface area contributed by atoms with Gasteiger partial charge in [-0.1, -0.05) is 34.1 Å². The first-order valence-corrected chi connectivity index (χ1v) is 8.24. The molecule has 0 bridgehead atoms. The predicted molar refractivity (Wildman–Crippen MR) is 91.5 cm³/mol. The Morgan fingerprint density at radius 1 is 1.04 bits per heavy atom. The number of hydrogen-bond acceptors (Lipinski definition) is 4. The second-order valence-corrected chi connectivity index (χ2v) is 5.60. The van der Waals surface area contributed by atoms with Gasteiger partial charge in [0.05, 0.1) is 11.1 Å². The number of carbonyl (C=O) groups is 1. The molecule has 2 aromatic rings. The summed E-state index contributed by atoms with van der Waals surface area (Å²) in [5.74, 6) is 0.00914. The summed E-state index contributed by atoms with van der Waals surface area (Å²) in [5.41, 5.74) is 1.16. The Balaban J connectivity index is 2.29. The van der Waals surface area contributed by atoms with Crippen molar-refractivity contribution >= 4 is 21.9 Å². The van der Waals surface area contributed by atoms with Crippen molar-refractivity contribution in [1.29, 1.82) is 0 Å². The van der Waals surface area contributed by atoms with Crippen LogP contribution in [0.1, 0.15) is 36.1 Å². The average molecular weight is 379 g/mol. The number of halogens is 1. The molecule has 23 heavy (non-hydrogen) atoms. The van der Waals surface area contributed by atoms with Gasteiger partial charge in [-0.25, -0.2) is 4.79 Å². The van der Waals surface area contributed by atoms with Crippen molar-refractivity contribution < 1.29 is 19.0 Å². The van der Waals surface area contributed by atoms with Crippen molar-refractivity contribution in [2.45, 2.75) is 20.1 Å². The van der Waals surface area contributed by atoms with Gasteiger partial charge in [0.15, 0.2) is 6.29 Å². The lowest BCUT2D eigenvalue weighted by Gasteiger charge is -2.20. The zero-order valence-electron chi connectivity index (χ0n) is 13.1. The highest BCUT2D eigenvalue weighted by Gasteiger charge is 2.20. The van der Waals surface area contributed by atoms with Crippen molar-refractivity contribution in [3.63, 3.8) is 0 Å². The van der Waals surface area contributed by atoms with Gasteiger partial charge >= 0.3 is 5.97 Å². The molecule has 0 saturated heterocycles. The van der Waals surface area contributed by atoms with Crippen LogP contribution in [0, 0.1) is 0 Å². The minimum Gasteiger partial charge on any atom is -0.422 e. The van der Waals surface area contributed by atoms with Gasteiger partial charge in [0.1, 0.15) is 5.75 Å². The highest BCUT2D eigenvalue weighted by Crippen LogP contribution is 2.32. The second kappa shape index (κ2) is 8.82. The molecule has 0 amide bonds. The Morgan fingerprint density at radius 2 is 1.70 bits per heavy atom. The van der Waals surface area contributed by atoms with E-state index in [1.54, 1.807) is 30.3 Å². The largest absolute Gasteiger partial charge is 0.422 e. The molecule has 2 aromatic carbocycles. The molecule has 0 aliphatic rings. The van der Waals surface area contributed by atoms with E-state index in [-0.39, 0.29) is 0 Å². The van der Waals surface area contributed by atoms with E-state index in [0.717, 1.165) is 4.47 Å². The lowest BCUT2D eigenvalue weighted by molar-refractivity contribution is -0.141. The van der Waals surface area contributed by atoms with Gasteiger partial charge in [0.2, 0.25) is 0 Å². The average Bonchev–Trinajstić information content (AvgIpc) is 2.57. The Hall–Kier alpha value is -1.69. The Morgan fingerprint density at radius 3 is 2.30 bits per heavy atom. The quantitative estimate of drug-likeness (QED) is 0.396. The van der Waals surface area contributed by atoms with Crippen molar-refractivity contribution in [2.24, 2.45) is 0 Å². The van der Waals surface area contributed by atoms with E-state index in [9.17, 15) is 4.79 Å². The van der Waals surface area contributed by atoms with Crippen molar-refractivity contribution in [1.82, 2.24) is 0 Å². The number of ether oxygens (including phenoxy) is 3. The topological polar surface area (TPSA) is 44.8 Å². The maximum atomic E-state index is 12.3. The maximum absolute atomic E-state index is 12.3. The molecule has 0 aromatic heterocycles. The Kier molecular flexibility index (Phi) is 6.77. The van der Waals surface area contributed by atoms with Crippen LogP contribution in [0.15, 0.2) is 53.0 Å². The van der Waals surface area contributed by atoms with Crippen molar-refractivity contribution in [2.75, 3.05) is 13.2 Å². The molecule has 0 saturated carbocycles. The third-order valence-corrected chi connectivity index (χ3v) is 3.57. The van der Waals surface area contributed by atoms with E-state index < -0.39 is 12.3 Å². The highest BCUT2D eigenvalue weighted by atomic mass is 79.9. The molecule has 0 heterocycles. The van der Waals surface area contributed by atoms with E-state index in [2.05, 4.69) is 15.9 Å². The SMILES string of the molecule is CCOC(OCC)c1cc(Br)ccc1OC(=O)c1ccccc1. The lowest BCUT2D eigenvalue weighted by Crippen LogP contribution is -2.14. The highest BCUT2D eigenvalue weighted by molar-refractivity contribution is 9.10. The zero-order chi connectivity index (χ0) is 16.7. The predicted octanol–water partition coefficient (Wildman–Crippen LogP) is 4.74. The Bertz CT molecular complexity index is 637. The number of rotatable bonds is 7. The number of benzene rings is 2. The second-order valence-electron chi connectivity index (χ2n) is 4.68. The molecule has 0 N–H and O–H groups in total. The molecule has 5 heteroatoms. The van der Waals surface area contributed by atoms with Crippen LogP contribution in [-0.4, -0.2) is 19.2 Å². The molecular weight excluding hydrogens is 360 g/mol. The molecule has 0 atom stereocenters. The van der Waals surface area contributed by atoms with Gasteiger partial charge < -0.3 is 14.2 Å². The lowest BCUT2D eigenvalue weighted by atomic mass is 10.2. The fourth-order valence-electron chi connectivity index (χ4n) is 2.06. The first-order chi connectivity index (χ1) is 11.2. The summed E-state index contributed by atoms with van der Waals surface area (Å²) in [6.45, 7) is 4.76. The van der Waals surface area contributed by atoms with Crippen LogP contribution in [0.2, 0.25) is 0 Å². The number of hydrogen-bond donors (Lipinski definition) is 0. The minimum atomic E-state index is -0.582. The van der Waals surface area contributed by atoms with Gasteiger partial charge in [-0.3, -0.25) is 0 Å². The Labute approximate surface area is 144 Å². The van der Waals surface area contributed by atoms with E-state index in [1.807, 2.05) is 32.0 Å². The summed E-state index contributed by atoms with van der Waals surface area (Å²) in [6.07, 6.45) is -0.582. The molecule has 0 aliphatic carbocycles. The van der Waals surface area contributed by atoms with Crippen LogP contribution >= 0.6 is 15.9 Å². The molecule has 122 valence electrons. The molecule has 4 nitrogen and oxygen atoms in total. The van der Waals surface area contributed by atoms with Gasteiger partial charge in [-0.2, -0.15) is 0 Å². The van der Waals surface area contributed by atoms with Gasteiger partial charge in [-0.05, 0) is 44.2 Å². The number of carbonyl (C=O) groups excluding carboxylic acids is 1. The van der Waals surface area contributed by atoms with Crippen molar-refractivity contribution in [3.05, 3.63) is 64.1 Å². The smallest absolute Gasteiger partial charge is 0.343 e. The summed E-state index contributed by atoms with van der Waals surface area (Å²) >= 11 is 3.43. The van der Waals surface area contributed by atoms with Gasteiger partial charge in [0.25, 0.3) is 0 Å². The molecular formula is C18H19BrO4. The van der Waals surface area contributed by atoms with Crippen LogP contribution in [-0.2, 0) is 9.47 Å². The van der Waals surface area contributed by atoms with Crippen LogP contribution in [0.4, 0.5) is 0 Å². The normalized spacial score (nSPS) is 10.8. The van der Waals surface area contributed by atoms with Crippen LogP contribution in [0.25, 0.3) is 0 Å². The fraction of sp³-hybridized carbons (Fsp3) is 0.278. The van der Waals surface area contributed by atoms with Gasteiger partial charge in [0, 0.05) is 17.7 Å². The zero-order valence-corrected chi connectivity index (χ0v) is 14.7. The third kappa shape index (κ3) is 4.89. The van der Waals surface area contributed by atoms with Crippen LogP contribution in [0.3, 0.4) is 0 Å². The number of esters is 1. The first kappa shape index (κ1) is 17.7. The van der Waals surface area contributed by atoms with Crippen molar-refractivity contribution in [3.8, 4) is 5.75 Å². The van der Waals surface area contributed by atoms with Crippen LogP contribution < -0.4 is 4.74 Å². The summed E-state index contributed by atoms with van der Waals surface area (Å²) in [4.78, 5) is 12.3. The van der Waals surface area contributed by atoms with E-state index in [0.29, 0.717) is 30.1 Å². The molecule has 0 spiro atoms. The standard InChI is InChI=1S/C18H19BrO4/c1-3-21-18(22-4-2)15-12-14(19)10-11-16(15)23-17(20)13-8-6-5-7-9-13/h5-12,18H,3-4H2,1-2H3. The summed E-state index contributed by atoms with van der Waals surface area (Å²) in [5, 5.41) is 0. The van der Waals surface area contributed by atoms with Gasteiger partial charge in [-0.15, -0.1) is 0 Å². The third-order valence-electron chi connectivity index (χ3n) is 3.07. The van der Waals surface area contributed by atoms with Crippen LogP contribution in [0.5, 0.6) is 5.75 Å². The summed E-state index contributed by atoms with van der Waals surface area (Å²) < 4.78 is 17.6. The molecule has 0 radical (unpaired) electrons.